The average Bonchev–Trinajstić information content (AvgIpc) is 3.51. The highest BCUT2D eigenvalue weighted by atomic mass is 16.4. The molecular weight excluding hydrogens is 396 g/mol. The number of rotatable bonds is 6. The van der Waals surface area contributed by atoms with E-state index in [9.17, 15) is 0 Å². The van der Waals surface area contributed by atoms with Crippen molar-refractivity contribution in [3.05, 3.63) is 72.0 Å². The van der Waals surface area contributed by atoms with E-state index < -0.39 is 0 Å². The van der Waals surface area contributed by atoms with E-state index in [4.69, 9.17) is 9.40 Å². The van der Waals surface area contributed by atoms with Crippen molar-refractivity contribution in [1.82, 2.24) is 15.2 Å². The molecule has 0 amide bonds. The summed E-state index contributed by atoms with van der Waals surface area (Å²) in [6, 6.07) is 6.95. The Balaban J connectivity index is 0.00000141. The summed E-state index contributed by atoms with van der Waals surface area (Å²) >= 11 is 0. The predicted molar refractivity (Wildman–Crippen MR) is 134 cm³/mol. The van der Waals surface area contributed by atoms with Gasteiger partial charge >= 0.3 is 6.01 Å². The van der Waals surface area contributed by atoms with Crippen LogP contribution in [0.1, 0.15) is 70.1 Å². The molecular formula is C27H34N4O. The molecule has 0 bridgehead atoms. The lowest BCUT2D eigenvalue weighted by Gasteiger charge is -2.23. The standard InChI is InChI=1S/C25H28N4O.C2H6/c1-7-8-9-16(3)26-24-29-28-23(30-24)21-12-15(2)19-13-18(17-10-11-17)14-20(22(19)27-21)25(4,5)6;1-2/h7-9,12-14,17H,1,3,10-11H2,2,4-6H3,(H,26,29);1-2H3/b9-8-;. The van der Waals surface area contributed by atoms with E-state index in [1.54, 1.807) is 18.2 Å². The van der Waals surface area contributed by atoms with Gasteiger partial charge in [0, 0.05) is 11.1 Å². The van der Waals surface area contributed by atoms with Crippen molar-refractivity contribution in [2.24, 2.45) is 0 Å². The summed E-state index contributed by atoms with van der Waals surface area (Å²) in [7, 11) is 0. The smallest absolute Gasteiger partial charge is 0.320 e. The van der Waals surface area contributed by atoms with Crippen molar-refractivity contribution in [2.45, 2.75) is 65.7 Å². The van der Waals surface area contributed by atoms with Gasteiger partial charge in [-0.2, -0.15) is 0 Å². The van der Waals surface area contributed by atoms with E-state index >= 15 is 0 Å². The maximum atomic E-state index is 5.81. The molecule has 0 unspecified atom stereocenters. The predicted octanol–water partition coefficient (Wildman–Crippen LogP) is 7.46. The maximum Gasteiger partial charge on any atom is 0.320 e. The number of benzene rings is 1. The third-order valence-corrected chi connectivity index (χ3v) is 5.34. The molecule has 1 fully saturated rings. The lowest BCUT2D eigenvalue weighted by molar-refractivity contribution is 0.582. The zero-order chi connectivity index (χ0) is 23.5. The number of nitrogens with zero attached hydrogens (tertiary/aromatic N) is 3. The summed E-state index contributed by atoms with van der Waals surface area (Å²) in [6.07, 6.45) is 7.80. The van der Waals surface area contributed by atoms with Crippen LogP contribution in [0.2, 0.25) is 0 Å². The average molecular weight is 431 g/mol. The topological polar surface area (TPSA) is 63.8 Å². The molecule has 0 saturated heterocycles. The number of hydrogen-bond acceptors (Lipinski definition) is 5. The molecule has 168 valence electrons. The first-order chi connectivity index (χ1) is 15.3. The maximum absolute atomic E-state index is 5.81. The fourth-order valence-electron chi connectivity index (χ4n) is 3.59. The summed E-state index contributed by atoms with van der Waals surface area (Å²) < 4.78 is 5.81. The summed E-state index contributed by atoms with van der Waals surface area (Å²) in [4.78, 5) is 4.96. The van der Waals surface area contributed by atoms with E-state index in [1.807, 2.05) is 19.9 Å². The molecule has 0 spiro atoms. The normalized spacial score (nSPS) is 13.7. The zero-order valence-electron chi connectivity index (χ0n) is 20.1. The third kappa shape index (κ3) is 5.16. The van der Waals surface area contributed by atoms with E-state index in [2.05, 4.69) is 68.5 Å². The second-order valence-electron chi connectivity index (χ2n) is 8.97. The molecule has 3 aromatic rings. The molecule has 2 heterocycles. The molecule has 1 aliphatic rings. The van der Waals surface area contributed by atoms with E-state index in [0.29, 0.717) is 23.2 Å². The molecule has 5 heteroatoms. The minimum atomic E-state index is -0.0159. The SMILES string of the molecule is C=C/C=C\C(=C)Nc1nnc(-c2cc(C)c3cc(C4CC4)cc(C(C)(C)C)c3n2)o1.CC. The van der Waals surface area contributed by atoms with Crippen LogP contribution in [0, 0.1) is 6.92 Å². The first-order valence-electron chi connectivity index (χ1n) is 11.3. The van der Waals surface area contributed by atoms with Crippen molar-refractivity contribution < 1.29 is 4.42 Å². The monoisotopic (exact) mass is 430 g/mol. The van der Waals surface area contributed by atoms with Gasteiger partial charge in [-0.05, 0) is 66.0 Å². The van der Waals surface area contributed by atoms with Crippen LogP contribution in [0.15, 0.2) is 59.7 Å². The van der Waals surface area contributed by atoms with Crippen LogP contribution in [0.5, 0.6) is 0 Å². The van der Waals surface area contributed by atoms with Crippen LogP contribution < -0.4 is 5.32 Å². The number of fused-ring (bicyclic) bond motifs is 1. The minimum absolute atomic E-state index is 0.0159. The van der Waals surface area contributed by atoms with Crippen molar-refractivity contribution >= 4 is 16.9 Å². The zero-order valence-corrected chi connectivity index (χ0v) is 20.1. The summed E-state index contributed by atoms with van der Waals surface area (Å²) in [5, 5.41) is 12.5. The molecule has 1 N–H and O–H groups in total. The molecule has 5 nitrogen and oxygen atoms in total. The lowest BCUT2D eigenvalue weighted by atomic mass is 9.83. The van der Waals surface area contributed by atoms with Gasteiger partial charge < -0.3 is 9.73 Å². The Morgan fingerprint density at radius 3 is 2.50 bits per heavy atom. The number of aromatic nitrogens is 3. The summed E-state index contributed by atoms with van der Waals surface area (Å²) in [6.45, 7) is 20.4. The van der Waals surface area contributed by atoms with Gasteiger partial charge in [-0.3, -0.25) is 0 Å². The Morgan fingerprint density at radius 1 is 1.16 bits per heavy atom. The molecule has 0 aliphatic heterocycles. The Labute approximate surface area is 191 Å². The molecule has 4 rings (SSSR count). The van der Waals surface area contributed by atoms with Gasteiger partial charge in [0.05, 0.1) is 5.52 Å². The number of allylic oxidation sites excluding steroid dienone is 3. The molecule has 1 saturated carbocycles. The molecule has 0 atom stereocenters. The first kappa shape index (κ1) is 23.5. The van der Waals surface area contributed by atoms with Gasteiger partial charge in [-0.25, -0.2) is 4.98 Å². The molecule has 1 aliphatic carbocycles. The molecule has 32 heavy (non-hydrogen) atoms. The van der Waals surface area contributed by atoms with Gasteiger partial charge in [0.1, 0.15) is 5.69 Å². The summed E-state index contributed by atoms with van der Waals surface area (Å²) in [5.74, 6) is 1.08. The Hall–Kier alpha value is -3.21. The van der Waals surface area contributed by atoms with Gasteiger partial charge in [0.2, 0.25) is 0 Å². The third-order valence-electron chi connectivity index (χ3n) is 5.34. The largest absolute Gasteiger partial charge is 0.401 e. The van der Waals surface area contributed by atoms with Crippen molar-refractivity contribution in [1.29, 1.82) is 0 Å². The fourth-order valence-corrected chi connectivity index (χ4v) is 3.59. The minimum Gasteiger partial charge on any atom is -0.401 e. The van der Waals surface area contributed by atoms with Crippen LogP contribution in [0.3, 0.4) is 0 Å². The Kier molecular flexibility index (Phi) is 6.97. The molecule has 2 aromatic heterocycles. The van der Waals surface area contributed by atoms with Gasteiger partial charge in [-0.15, -0.1) is 5.10 Å². The Morgan fingerprint density at radius 2 is 1.88 bits per heavy atom. The highest BCUT2D eigenvalue weighted by molar-refractivity contribution is 5.88. The number of hydrogen-bond donors (Lipinski definition) is 1. The van der Waals surface area contributed by atoms with Crippen molar-refractivity contribution in [3.63, 3.8) is 0 Å². The van der Waals surface area contributed by atoms with Crippen molar-refractivity contribution in [3.8, 4) is 11.6 Å². The number of nitrogens with one attached hydrogen (secondary N) is 1. The second kappa shape index (κ2) is 9.51. The second-order valence-corrected chi connectivity index (χ2v) is 8.97. The summed E-state index contributed by atoms with van der Waals surface area (Å²) in [5.41, 5.74) is 6.15. The molecule has 0 radical (unpaired) electrons. The van der Waals surface area contributed by atoms with Crippen LogP contribution in [-0.2, 0) is 5.41 Å². The van der Waals surface area contributed by atoms with Crippen LogP contribution >= 0.6 is 0 Å². The van der Waals surface area contributed by atoms with Crippen molar-refractivity contribution in [2.75, 3.05) is 5.32 Å². The Bertz CT molecular complexity index is 1160. The van der Waals surface area contributed by atoms with E-state index in [1.165, 1.54) is 29.4 Å². The molecule has 1 aromatic carbocycles. The lowest BCUT2D eigenvalue weighted by Crippen LogP contribution is -2.13. The van der Waals surface area contributed by atoms with E-state index in [0.717, 1.165) is 11.1 Å². The quantitative estimate of drug-likeness (QED) is 0.411. The number of aryl methyl sites for hydroxylation is 1. The van der Waals surface area contributed by atoms with Crippen LogP contribution in [0.25, 0.3) is 22.5 Å². The first-order valence-corrected chi connectivity index (χ1v) is 11.3. The van der Waals surface area contributed by atoms with Gasteiger partial charge in [0.15, 0.2) is 0 Å². The number of anilines is 1. The van der Waals surface area contributed by atoms with Gasteiger partial charge in [-0.1, -0.05) is 71.1 Å². The van der Waals surface area contributed by atoms with E-state index in [-0.39, 0.29) is 11.4 Å². The highest BCUT2D eigenvalue weighted by Crippen LogP contribution is 2.44. The van der Waals surface area contributed by atoms with Crippen LogP contribution in [0.4, 0.5) is 6.01 Å². The fraction of sp³-hybridized carbons (Fsp3) is 0.370. The van der Waals surface area contributed by atoms with Crippen LogP contribution in [-0.4, -0.2) is 15.2 Å². The van der Waals surface area contributed by atoms with Gasteiger partial charge in [0.25, 0.3) is 5.89 Å². The highest BCUT2D eigenvalue weighted by Gasteiger charge is 2.28. The number of pyridine rings is 1.